The van der Waals surface area contributed by atoms with Gasteiger partial charge in [-0.2, -0.15) is 0 Å². The zero-order valence-electron chi connectivity index (χ0n) is 15.5. The summed E-state index contributed by atoms with van der Waals surface area (Å²) < 4.78 is 26.3. The predicted octanol–water partition coefficient (Wildman–Crippen LogP) is 3.66. The van der Waals surface area contributed by atoms with Crippen LogP contribution in [0.25, 0.3) is 0 Å². The van der Waals surface area contributed by atoms with Gasteiger partial charge in [-0.25, -0.2) is 13.6 Å². The molecule has 2 aromatic rings. The molecule has 1 atom stereocenters. The van der Waals surface area contributed by atoms with Gasteiger partial charge in [0.05, 0.1) is 6.04 Å². The highest BCUT2D eigenvalue weighted by molar-refractivity contribution is 5.94. The number of amides is 3. The molecule has 0 heterocycles. The molecule has 144 valence electrons. The highest BCUT2D eigenvalue weighted by Gasteiger charge is 2.12. The fourth-order valence-electron chi connectivity index (χ4n) is 2.46. The Morgan fingerprint density at radius 3 is 2.37 bits per heavy atom. The van der Waals surface area contributed by atoms with E-state index >= 15 is 0 Å². The van der Waals surface area contributed by atoms with Crippen molar-refractivity contribution in [1.29, 1.82) is 0 Å². The van der Waals surface area contributed by atoms with Crippen LogP contribution in [0.2, 0.25) is 0 Å². The number of halogens is 2. The maximum absolute atomic E-state index is 13.3. The Bertz CT molecular complexity index is 825. The van der Waals surface area contributed by atoms with Crippen molar-refractivity contribution in [2.24, 2.45) is 0 Å². The van der Waals surface area contributed by atoms with Crippen LogP contribution in [0, 0.1) is 11.6 Å². The lowest BCUT2D eigenvalue weighted by molar-refractivity contribution is 0.0943. The Labute approximate surface area is 157 Å². The lowest BCUT2D eigenvalue weighted by Gasteiger charge is -2.15. The Morgan fingerprint density at radius 2 is 1.70 bits per heavy atom. The molecule has 2 rings (SSSR count). The summed E-state index contributed by atoms with van der Waals surface area (Å²) in [6.45, 7) is 5.64. The van der Waals surface area contributed by atoms with Crippen molar-refractivity contribution in [1.82, 2.24) is 16.0 Å². The first-order valence-electron chi connectivity index (χ1n) is 8.65. The molecule has 1 unspecified atom stereocenters. The predicted molar refractivity (Wildman–Crippen MR) is 99.2 cm³/mol. The van der Waals surface area contributed by atoms with Gasteiger partial charge in [-0.15, -0.1) is 0 Å². The van der Waals surface area contributed by atoms with Gasteiger partial charge in [0.15, 0.2) is 11.6 Å². The first kappa shape index (κ1) is 20.4. The van der Waals surface area contributed by atoms with Gasteiger partial charge >= 0.3 is 6.03 Å². The number of urea groups is 1. The minimum Gasteiger partial charge on any atom is -0.350 e. The third kappa shape index (κ3) is 6.06. The summed E-state index contributed by atoms with van der Waals surface area (Å²) in [6.07, 6.45) is 0. The first-order chi connectivity index (χ1) is 12.8. The Morgan fingerprint density at radius 1 is 0.963 bits per heavy atom. The van der Waals surface area contributed by atoms with E-state index in [-0.39, 0.29) is 18.5 Å². The molecule has 3 amide bonds. The fourth-order valence-corrected chi connectivity index (χ4v) is 2.46. The van der Waals surface area contributed by atoms with Crippen molar-refractivity contribution in [3.63, 3.8) is 0 Å². The van der Waals surface area contributed by atoms with E-state index in [1.165, 1.54) is 6.07 Å². The van der Waals surface area contributed by atoms with Gasteiger partial charge in [-0.05, 0) is 56.2 Å². The molecule has 2 aromatic carbocycles. The quantitative estimate of drug-likeness (QED) is 0.721. The summed E-state index contributed by atoms with van der Waals surface area (Å²) in [5.74, 6) is -2.07. The smallest absolute Gasteiger partial charge is 0.315 e. The van der Waals surface area contributed by atoms with Gasteiger partial charge in [-0.3, -0.25) is 4.79 Å². The lowest BCUT2D eigenvalue weighted by atomic mass is 10.1. The van der Waals surface area contributed by atoms with Crippen molar-refractivity contribution in [2.45, 2.75) is 39.4 Å². The van der Waals surface area contributed by atoms with E-state index in [2.05, 4.69) is 16.0 Å². The normalized spacial score (nSPS) is 11.8. The van der Waals surface area contributed by atoms with E-state index in [4.69, 9.17) is 0 Å². The standard InChI is InChI=1S/C20H23F2N3O2/c1-12(2)24-19(26)16-6-4-5-14(9-16)11-23-20(27)25-13(3)15-7-8-17(21)18(22)10-15/h4-10,12-13H,11H2,1-3H3,(H,24,26)(H2,23,25,27). The third-order valence-corrected chi connectivity index (χ3v) is 3.85. The van der Waals surface area contributed by atoms with Crippen LogP contribution < -0.4 is 16.0 Å². The first-order valence-corrected chi connectivity index (χ1v) is 8.65. The molecular weight excluding hydrogens is 352 g/mol. The number of nitrogens with one attached hydrogen (secondary N) is 3. The van der Waals surface area contributed by atoms with Crippen LogP contribution in [-0.4, -0.2) is 18.0 Å². The molecule has 0 aliphatic rings. The molecule has 0 aliphatic heterocycles. The molecule has 0 saturated heterocycles. The molecule has 0 radical (unpaired) electrons. The molecule has 0 fully saturated rings. The van der Waals surface area contributed by atoms with Crippen molar-refractivity contribution >= 4 is 11.9 Å². The van der Waals surface area contributed by atoms with Crippen LogP contribution in [0.5, 0.6) is 0 Å². The van der Waals surface area contributed by atoms with Crippen molar-refractivity contribution in [3.8, 4) is 0 Å². The van der Waals surface area contributed by atoms with E-state index in [0.717, 1.165) is 17.7 Å². The number of carbonyl (C=O) groups is 2. The molecule has 0 bridgehead atoms. The van der Waals surface area contributed by atoms with Crippen molar-refractivity contribution in [3.05, 3.63) is 70.8 Å². The average molecular weight is 375 g/mol. The van der Waals surface area contributed by atoms with Crippen LogP contribution in [0.1, 0.15) is 48.3 Å². The molecule has 3 N–H and O–H groups in total. The maximum Gasteiger partial charge on any atom is 0.315 e. The summed E-state index contributed by atoms with van der Waals surface area (Å²) >= 11 is 0. The monoisotopic (exact) mass is 375 g/mol. The molecule has 0 spiro atoms. The largest absolute Gasteiger partial charge is 0.350 e. The zero-order chi connectivity index (χ0) is 20.0. The minimum atomic E-state index is -0.960. The van der Waals surface area contributed by atoms with E-state index in [0.29, 0.717) is 11.1 Å². The number of rotatable bonds is 6. The van der Waals surface area contributed by atoms with E-state index in [9.17, 15) is 18.4 Å². The maximum atomic E-state index is 13.3. The van der Waals surface area contributed by atoms with Crippen molar-refractivity contribution < 1.29 is 18.4 Å². The van der Waals surface area contributed by atoms with Crippen LogP contribution in [0.3, 0.4) is 0 Å². The molecule has 0 saturated carbocycles. The van der Waals surface area contributed by atoms with Gasteiger partial charge in [-0.1, -0.05) is 18.2 Å². The van der Waals surface area contributed by atoms with Gasteiger partial charge < -0.3 is 16.0 Å². The molecule has 27 heavy (non-hydrogen) atoms. The Hall–Kier alpha value is -2.96. The summed E-state index contributed by atoms with van der Waals surface area (Å²) in [7, 11) is 0. The van der Waals surface area contributed by atoms with Crippen molar-refractivity contribution in [2.75, 3.05) is 0 Å². The zero-order valence-corrected chi connectivity index (χ0v) is 15.5. The van der Waals surface area contributed by atoms with Gasteiger partial charge in [0.25, 0.3) is 5.91 Å². The van der Waals surface area contributed by atoms with Gasteiger partial charge in [0, 0.05) is 18.2 Å². The number of hydrogen-bond acceptors (Lipinski definition) is 2. The fraction of sp³-hybridized carbons (Fsp3) is 0.300. The SMILES string of the molecule is CC(C)NC(=O)c1cccc(CNC(=O)NC(C)c2ccc(F)c(F)c2)c1. The topological polar surface area (TPSA) is 70.2 Å². The van der Waals surface area contributed by atoms with E-state index in [1.807, 2.05) is 13.8 Å². The second-order valence-electron chi connectivity index (χ2n) is 6.55. The molecule has 7 heteroatoms. The van der Waals surface area contributed by atoms with Crippen LogP contribution in [-0.2, 0) is 6.54 Å². The molecule has 0 aromatic heterocycles. The lowest BCUT2D eigenvalue weighted by Crippen LogP contribution is -2.36. The van der Waals surface area contributed by atoms with Gasteiger partial charge in [0.1, 0.15) is 0 Å². The highest BCUT2D eigenvalue weighted by atomic mass is 19.2. The molecular formula is C20H23F2N3O2. The average Bonchev–Trinajstić information content (AvgIpc) is 2.62. The second-order valence-corrected chi connectivity index (χ2v) is 6.55. The van der Waals surface area contributed by atoms with E-state index < -0.39 is 23.7 Å². The minimum absolute atomic E-state index is 0.0304. The summed E-state index contributed by atoms with van der Waals surface area (Å²) in [5.41, 5.74) is 1.73. The molecule has 5 nitrogen and oxygen atoms in total. The van der Waals surface area contributed by atoms with Crippen LogP contribution >= 0.6 is 0 Å². The summed E-state index contributed by atoms with van der Waals surface area (Å²) in [4.78, 5) is 24.1. The third-order valence-electron chi connectivity index (χ3n) is 3.85. The number of carbonyl (C=O) groups excluding carboxylic acids is 2. The van der Waals surface area contributed by atoms with E-state index in [1.54, 1.807) is 31.2 Å². The molecule has 0 aliphatic carbocycles. The van der Waals surface area contributed by atoms with Crippen LogP contribution in [0.15, 0.2) is 42.5 Å². The summed E-state index contributed by atoms with van der Waals surface area (Å²) in [6, 6.07) is 9.52. The number of benzene rings is 2. The van der Waals surface area contributed by atoms with Crippen LogP contribution in [0.4, 0.5) is 13.6 Å². The second kappa shape index (κ2) is 9.12. The summed E-state index contributed by atoms with van der Waals surface area (Å²) in [5, 5.41) is 8.15. The van der Waals surface area contributed by atoms with Gasteiger partial charge in [0.2, 0.25) is 0 Å². The highest BCUT2D eigenvalue weighted by Crippen LogP contribution is 2.15. The Kier molecular flexibility index (Phi) is 6.87. The Balaban J connectivity index is 1.91. The number of hydrogen-bond donors (Lipinski definition) is 3.